The van der Waals surface area contributed by atoms with Gasteiger partial charge in [0.05, 0.1) is 0 Å². The Hall–Kier alpha value is -1.86. The van der Waals surface area contributed by atoms with Gasteiger partial charge >= 0.3 is 11.6 Å². The number of carbonyl (C=O) groups is 1. The lowest BCUT2D eigenvalue weighted by atomic mass is 9.97. The van der Waals surface area contributed by atoms with Gasteiger partial charge in [0, 0.05) is 10.6 Å². The lowest BCUT2D eigenvalue weighted by molar-refractivity contribution is -0.153. The molecule has 17 heavy (non-hydrogen) atoms. The molecule has 0 saturated heterocycles. The molecule has 0 radical (unpaired) electrons. The van der Waals surface area contributed by atoms with Crippen LogP contribution in [0.5, 0.6) is 0 Å². The van der Waals surface area contributed by atoms with E-state index < -0.39 is 11.6 Å². The highest BCUT2D eigenvalue weighted by Crippen LogP contribution is 2.28. The summed E-state index contributed by atoms with van der Waals surface area (Å²) < 4.78 is 18.7. The summed E-state index contributed by atoms with van der Waals surface area (Å²) in [4.78, 5) is 11.4. The Kier molecular flexibility index (Phi) is 4.24. The summed E-state index contributed by atoms with van der Waals surface area (Å²) in [7, 11) is 0. The maximum absolute atomic E-state index is 14.2. The molecule has 0 fully saturated rings. The van der Waals surface area contributed by atoms with E-state index in [-0.39, 0.29) is 12.2 Å². The molecule has 88 valence electrons. The van der Waals surface area contributed by atoms with Crippen LogP contribution in [0.15, 0.2) is 36.9 Å². The van der Waals surface area contributed by atoms with E-state index in [0.29, 0.717) is 5.02 Å². The number of nitriles is 1. The topological polar surface area (TPSA) is 50.1 Å². The normalized spacial score (nSPS) is 13.2. The fourth-order valence-corrected chi connectivity index (χ4v) is 1.27. The van der Waals surface area contributed by atoms with E-state index >= 15 is 0 Å². The van der Waals surface area contributed by atoms with Crippen LogP contribution in [0.2, 0.25) is 5.02 Å². The zero-order valence-corrected chi connectivity index (χ0v) is 9.58. The minimum Gasteiger partial charge on any atom is -0.458 e. The van der Waals surface area contributed by atoms with Gasteiger partial charge in [-0.2, -0.15) is 5.26 Å². The first kappa shape index (κ1) is 13.2. The quantitative estimate of drug-likeness (QED) is 0.612. The minimum atomic E-state index is -2.83. The fraction of sp³-hybridized carbons (Fsp3) is 0.167. The summed E-state index contributed by atoms with van der Waals surface area (Å²) in [5.74, 6) is -1.26. The molecule has 1 unspecified atom stereocenters. The number of esters is 1. The third-order valence-corrected chi connectivity index (χ3v) is 2.26. The van der Waals surface area contributed by atoms with Crippen molar-refractivity contribution in [3.05, 3.63) is 47.5 Å². The average Bonchev–Trinajstić information content (AvgIpc) is 2.35. The SMILES string of the molecule is C=CCOC(=O)C(F)(C#N)c1ccc(Cl)cc1. The van der Waals surface area contributed by atoms with Crippen LogP contribution in [0.25, 0.3) is 0 Å². The molecule has 3 nitrogen and oxygen atoms in total. The summed E-state index contributed by atoms with van der Waals surface area (Å²) >= 11 is 5.63. The standard InChI is InChI=1S/C12H9ClFNO2/c1-2-7-17-11(16)12(14,8-15)9-3-5-10(13)6-4-9/h2-6H,1,7H2. The zero-order valence-electron chi connectivity index (χ0n) is 8.82. The van der Waals surface area contributed by atoms with Crippen molar-refractivity contribution < 1.29 is 13.9 Å². The van der Waals surface area contributed by atoms with Crippen molar-refractivity contribution in [2.24, 2.45) is 0 Å². The maximum Gasteiger partial charge on any atom is 0.364 e. The van der Waals surface area contributed by atoms with E-state index in [9.17, 15) is 9.18 Å². The van der Waals surface area contributed by atoms with Crippen LogP contribution in [0.1, 0.15) is 5.56 Å². The van der Waals surface area contributed by atoms with Crippen molar-refractivity contribution in [1.29, 1.82) is 5.26 Å². The van der Waals surface area contributed by atoms with Gasteiger partial charge in [-0.15, -0.1) is 0 Å². The van der Waals surface area contributed by atoms with Crippen molar-refractivity contribution in [2.45, 2.75) is 5.67 Å². The number of ether oxygens (including phenoxy) is 1. The average molecular weight is 254 g/mol. The highest BCUT2D eigenvalue weighted by Gasteiger charge is 2.42. The first-order valence-corrected chi connectivity index (χ1v) is 5.06. The molecule has 0 amide bonds. The molecule has 0 aliphatic carbocycles. The monoisotopic (exact) mass is 253 g/mol. The molecule has 0 N–H and O–H groups in total. The van der Waals surface area contributed by atoms with Crippen molar-refractivity contribution in [1.82, 2.24) is 0 Å². The molecule has 0 aromatic heterocycles. The number of nitrogens with zero attached hydrogens (tertiary/aromatic N) is 1. The fourth-order valence-electron chi connectivity index (χ4n) is 1.14. The van der Waals surface area contributed by atoms with Gasteiger partial charge in [0.15, 0.2) is 0 Å². The molecule has 0 aliphatic heterocycles. The van der Waals surface area contributed by atoms with Gasteiger partial charge in [-0.3, -0.25) is 0 Å². The Morgan fingerprint density at radius 1 is 1.59 bits per heavy atom. The third-order valence-electron chi connectivity index (χ3n) is 2.01. The molecule has 1 aromatic rings. The van der Waals surface area contributed by atoms with Crippen molar-refractivity contribution in [3.8, 4) is 6.07 Å². The van der Waals surface area contributed by atoms with Crippen molar-refractivity contribution in [3.63, 3.8) is 0 Å². The van der Waals surface area contributed by atoms with E-state index in [2.05, 4.69) is 11.3 Å². The Morgan fingerprint density at radius 2 is 2.18 bits per heavy atom. The van der Waals surface area contributed by atoms with E-state index in [1.807, 2.05) is 0 Å². The predicted octanol–water partition coefficient (Wildman–Crippen LogP) is 2.76. The molecule has 5 heteroatoms. The Balaban J connectivity index is 3.03. The van der Waals surface area contributed by atoms with Crippen LogP contribution < -0.4 is 0 Å². The Labute approximate surface area is 103 Å². The number of alkyl halides is 1. The van der Waals surface area contributed by atoms with Gasteiger partial charge in [-0.05, 0) is 12.1 Å². The maximum atomic E-state index is 14.2. The van der Waals surface area contributed by atoms with Gasteiger partial charge in [0.25, 0.3) is 0 Å². The van der Waals surface area contributed by atoms with E-state index in [1.165, 1.54) is 36.4 Å². The molecule has 1 rings (SSSR count). The van der Waals surface area contributed by atoms with Gasteiger partial charge in [0.2, 0.25) is 0 Å². The molecule has 0 spiro atoms. The molecule has 1 atom stereocenters. The van der Waals surface area contributed by atoms with Crippen LogP contribution in [0.4, 0.5) is 4.39 Å². The van der Waals surface area contributed by atoms with Crippen LogP contribution in [0.3, 0.4) is 0 Å². The van der Waals surface area contributed by atoms with Crippen molar-refractivity contribution in [2.75, 3.05) is 6.61 Å². The largest absolute Gasteiger partial charge is 0.458 e. The van der Waals surface area contributed by atoms with Gasteiger partial charge in [-0.25, -0.2) is 9.18 Å². The molecular formula is C12H9ClFNO2. The summed E-state index contributed by atoms with van der Waals surface area (Å²) in [6, 6.07) is 6.62. The second-order valence-corrected chi connectivity index (χ2v) is 3.60. The molecule has 0 aliphatic rings. The summed E-state index contributed by atoms with van der Waals surface area (Å²) in [5, 5.41) is 9.18. The van der Waals surface area contributed by atoms with Crippen LogP contribution in [0, 0.1) is 11.3 Å². The van der Waals surface area contributed by atoms with E-state index in [1.54, 1.807) is 0 Å². The molecule has 0 heterocycles. The first-order valence-electron chi connectivity index (χ1n) is 4.69. The number of hydrogen-bond donors (Lipinski definition) is 0. The van der Waals surface area contributed by atoms with E-state index in [4.69, 9.17) is 16.9 Å². The number of hydrogen-bond acceptors (Lipinski definition) is 3. The van der Waals surface area contributed by atoms with Crippen molar-refractivity contribution >= 4 is 17.6 Å². The Bertz CT molecular complexity index is 466. The second kappa shape index (κ2) is 5.46. The molecule has 0 saturated carbocycles. The summed E-state index contributed by atoms with van der Waals surface area (Å²) in [6.45, 7) is 3.17. The van der Waals surface area contributed by atoms with Gasteiger partial charge in [-0.1, -0.05) is 36.4 Å². The Morgan fingerprint density at radius 3 is 2.65 bits per heavy atom. The lowest BCUT2D eigenvalue weighted by Crippen LogP contribution is -2.31. The highest BCUT2D eigenvalue weighted by molar-refractivity contribution is 6.30. The molecule has 1 aromatic carbocycles. The number of halogens is 2. The highest BCUT2D eigenvalue weighted by atomic mass is 35.5. The third kappa shape index (κ3) is 2.83. The van der Waals surface area contributed by atoms with Gasteiger partial charge < -0.3 is 4.74 Å². The molecule has 0 bridgehead atoms. The minimum absolute atomic E-state index is 0.113. The first-order chi connectivity index (χ1) is 8.04. The van der Waals surface area contributed by atoms with Gasteiger partial charge in [0.1, 0.15) is 12.7 Å². The predicted molar refractivity (Wildman–Crippen MR) is 61.0 cm³/mol. The number of carbonyl (C=O) groups excluding carboxylic acids is 1. The second-order valence-electron chi connectivity index (χ2n) is 3.16. The van der Waals surface area contributed by atoms with Crippen LogP contribution in [-0.4, -0.2) is 12.6 Å². The molecular weight excluding hydrogens is 245 g/mol. The zero-order chi connectivity index (χ0) is 12.9. The van der Waals surface area contributed by atoms with E-state index in [0.717, 1.165) is 0 Å². The number of benzene rings is 1. The summed E-state index contributed by atoms with van der Waals surface area (Å²) in [6.07, 6.45) is 1.29. The smallest absolute Gasteiger partial charge is 0.364 e. The summed E-state index contributed by atoms with van der Waals surface area (Å²) in [5.41, 5.74) is -2.94. The number of rotatable bonds is 4. The van der Waals surface area contributed by atoms with Crippen LogP contribution >= 0.6 is 11.6 Å². The lowest BCUT2D eigenvalue weighted by Gasteiger charge is -2.15. The van der Waals surface area contributed by atoms with Crippen LogP contribution in [-0.2, 0) is 15.2 Å².